The Morgan fingerprint density at radius 1 is 1.18 bits per heavy atom. The van der Waals surface area contributed by atoms with Crippen LogP contribution in [0.5, 0.6) is 5.75 Å². The van der Waals surface area contributed by atoms with Crippen molar-refractivity contribution in [1.82, 2.24) is 0 Å². The van der Waals surface area contributed by atoms with Crippen LogP contribution in [0.3, 0.4) is 0 Å². The number of nitrogens with two attached hydrogens (primary N) is 2. The quantitative estimate of drug-likeness (QED) is 0.504. The normalized spacial score (nSPS) is 10.6. The summed E-state index contributed by atoms with van der Waals surface area (Å²) in [5.74, 6) is 0.0739. The molecule has 0 atom stereocenters. The summed E-state index contributed by atoms with van der Waals surface area (Å²) in [6, 6.07) is 11.5. The lowest BCUT2D eigenvalue weighted by Gasteiger charge is -2.08. The molecule has 0 saturated carbocycles. The molecule has 0 radical (unpaired) electrons. The predicted octanol–water partition coefficient (Wildman–Crippen LogP) is 2.67. The van der Waals surface area contributed by atoms with E-state index in [-0.39, 0.29) is 12.6 Å². The maximum absolute atomic E-state index is 13.6. The van der Waals surface area contributed by atoms with Gasteiger partial charge in [0.25, 0.3) is 0 Å². The van der Waals surface area contributed by atoms with Crippen LogP contribution < -0.4 is 16.2 Å². The van der Waals surface area contributed by atoms with E-state index in [1.165, 1.54) is 12.3 Å². The van der Waals surface area contributed by atoms with Crippen LogP contribution in [0.2, 0.25) is 5.02 Å². The number of halogens is 2. The highest BCUT2D eigenvalue weighted by Gasteiger charge is 2.07. The smallest absolute Gasteiger partial charge is 0.211 e. The van der Waals surface area contributed by atoms with Crippen molar-refractivity contribution in [2.75, 3.05) is 0 Å². The number of hydrogen-bond acceptors (Lipinski definition) is 3. The summed E-state index contributed by atoms with van der Waals surface area (Å²) in [6.07, 6.45) is 1.50. The summed E-state index contributed by atoms with van der Waals surface area (Å²) < 4.78 is 19.1. The highest BCUT2D eigenvalue weighted by molar-refractivity contribution is 6.31. The first kappa shape index (κ1) is 15.8. The standard InChI is InChI=1S/C15H14ClFN4O/c16-13-2-1-3-14(17)12(13)9-22-11-6-4-10(5-7-11)8-20-21-15(18)19/h1-8H,9H2,(H4,18,19,21). The number of benzene rings is 2. The second-order valence-electron chi connectivity index (χ2n) is 4.33. The maximum atomic E-state index is 13.6. The minimum atomic E-state index is -0.395. The van der Waals surface area contributed by atoms with E-state index < -0.39 is 5.82 Å². The first-order valence-corrected chi connectivity index (χ1v) is 6.72. The SMILES string of the molecule is NC(N)=NN=Cc1ccc(OCc2c(F)cccc2Cl)cc1. The zero-order valence-corrected chi connectivity index (χ0v) is 12.3. The summed E-state index contributed by atoms with van der Waals surface area (Å²) in [5, 5.41) is 7.52. The maximum Gasteiger partial charge on any atom is 0.211 e. The van der Waals surface area contributed by atoms with E-state index in [4.69, 9.17) is 27.8 Å². The fourth-order valence-corrected chi connectivity index (χ4v) is 1.86. The van der Waals surface area contributed by atoms with E-state index in [0.29, 0.717) is 16.3 Å². The van der Waals surface area contributed by atoms with Gasteiger partial charge < -0.3 is 16.2 Å². The molecule has 114 valence electrons. The Bertz CT molecular complexity index is 677. The summed E-state index contributed by atoms with van der Waals surface area (Å²) in [6.45, 7) is 0.0486. The van der Waals surface area contributed by atoms with Gasteiger partial charge in [-0.15, -0.1) is 5.10 Å². The molecule has 0 aliphatic heterocycles. The van der Waals surface area contributed by atoms with E-state index in [1.54, 1.807) is 36.4 Å². The van der Waals surface area contributed by atoms with E-state index in [2.05, 4.69) is 10.2 Å². The van der Waals surface area contributed by atoms with Crippen LogP contribution in [0.1, 0.15) is 11.1 Å². The van der Waals surface area contributed by atoms with Crippen molar-refractivity contribution in [1.29, 1.82) is 0 Å². The summed E-state index contributed by atoms with van der Waals surface area (Å²) >= 11 is 5.93. The van der Waals surface area contributed by atoms with Gasteiger partial charge in [0.05, 0.1) is 11.2 Å². The fraction of sp³-hybridized carbons (Fsp3) is 0.0667. The van der Waals surface area contributed by atoms with Gasteiger partial charge in [-0.2, -0.15) is 5.10 Å². The zero-order valence-electron chi connectivity index (χ0n) is 11.5. The fourth-order valence-electron chi connectivity index (χ4n) is 1.64. The van der Waals surface area contributed by atoms with Crippen molar-refractivity contribution in [3.05, 3.63) is 64.4 Å². The van der Waals surface area contributed by atoms with Crippen molar-refractivity contribution in [3.8, 4) is 5.75 Å². The third kappa shape index (κ3) is 4.46. The van der Waals surface area contributed by atoms with Crippen molar-refractivity contribution in [2.45, 2.75) is 6.61 Å². The van der Waals surface area contributed by atoms with Gasteiger partial charge in [-0.05, 0) is 42.0 Å². The molecule has 0 aliphatic rings. The molecule has 22 heavy (non-hydrogen) atoms. The summed E-state index contributed by atoms with van der Waals surface area (Å²) in [5.41, 5.74) is 11.4. The number of hydrogen-bond donors (Lipinski definition) is 2. The molecule has 2 aromatic rings. The molecule has 7 heteroatoms. The van der Waals surface area contributed by atoms with Crippen LogP contribution in [0.15, 0.2) is 52.7 Å². The largest absolute Gasteiger partial charge is 0.489 e. The molecule has 0 heterocycles. The van der Waals surface area contributed by atoms with Gasteiger partial charge in [-0.1, -0.05) is 17.7 Å². The minimum Gasteiger partial charge on any atom is -0.489 e. The highest BCUT2D eigenvalue weighted by atomic mass is 35.5. The van der Waals surface area contributed by atoms with E-state index in [9.17, 15) is 4.39 Å². The Labute approximate surface area is 132 Å². The Morgan fingerprint density at radius 2 is 1.91 bits per heavy atom. The van der Waals surface area contributed by atoms with Gasteiger partial charge in [-0.25, -0.2) is 4.39 Å². The van der Waals surface area contributed by atoms with Crippen LogP contribution >= 0.6 is 11.6 Å². The number of guanidine groups is 1. The van der Waals surface area contributed by atoms with Crippen LogP contribution in [-0.4, -0.2) is 12.2 Å². The minimum absolute atomic E-state index is 0.0486. The van der Waals surface area contributed by atoms with Crippen molar-refractivity contribution in [3.63, 3.8) is 0 Å². The monoisotopic (exact) mass is 320 g/mol. The second-order valence-corrected chi connectivity index (χ2v) is 4.73. The molecule has 0 fully saturated rings. The molecule has 0 unspecified atom stereocenters. The second kappa shape index (κ2) is 7.42. The number of nitrogens with zero attached hydrogens (tertiary/aromatic N) is 2. The zero-order chi connectivity index (χ0) is 15.9. The van der Waals surface area contributed by atoms with Crippen LogP contribution in [0.4, 0.5) is 4.39 Å². The molecule has 0 amide bonds. The van der Waals surface area contributed by atoms with Crippen molar-refractivity contribution < 1.29 is 9.13 Å². The van der Waals surface area contributed by atoms with Gasteiger partial charge in [-0.3, -0.25) is 0 Å². The Kier molecular flexibility index (Phi) is 5.32. The molecule has 4 N–H and O–H groups in total. The van der Waals surface area contributed by atoms with E-state index >= 15 is 0 Å². The molecule has 5 nitrogen and oxygen atoms in total. The molecule has 0 spiro atoms. The molecular formula is C15H14ClFN4O. The van der Waals surface area contributed by atoms with Gasteiger partial charge in [0.15, 0.2) is 0 Å². The molecular weight excluding hydrogens is 307 g/mol. The Morgan fingerprint density at radius 3 is 2.55 bits per heavy atom. The average Bonchev–Trinajstić information content (AvgIpc) is 2.48. The van der Waals surface area contributed by atoms with Gasteiger partial charge in [0.2, 0.25) is 5.96 Å². The van der Waals surface area contributed by atoms with Gasteiger partial charge in [0.1, 0.15) is 18.2 Å². The third-order valence-corrected chi connectivity index (χ3v) is 3.06. The van der Waals surface area contributed by atoms with Crippen LogP contribution in [-0.2, 0) is 6.61 Å². The average molecular weight is 321 g/mol. The first-order valence-electron chi connectivity index (χ1n) is 6.34. The van der Waals surface area contributed by atoms with Crippen LogP contribution in [0.25, 0.3) is 0 Å². The topological polar surface area (TPSA) is 86.0 Å². The van der Waals surface area contributed by atoms with Crippen molar-refractivity contribution >= 4 is 23.8 Å². The lowest BCUT2D eigenvalue weighted by atomic mass is 10.2. The predicted molar refractivity (Wildman–Crippen MR) is 85.6 cm³/mol. The molecule has 2 rings (SSSR count). The van der Waals surface area contributed by atoms with Gasteiger partial charge in [0, 0.05) is 5.56 Å². The lowest BCUT2D eigenvalue weighted by molar-refractivity contribution is 0.300. The van der Waals surface area contributed by atoms with Gasteiger partial charge >= 0.3 is 0 Å². The molecule has 0 bridgehead atoms. The Balaban J connectivity index is 2.00. The Hall–Kier alpha value is -2.60. The molecule has 0 aliphatic carbocycles. The highest BCUT2D eigenvalue weighted by Crippen LogP contribution is 2.21. The van der Waals surface area contributed by atoms with Crippen LogP contribution in [0, 0.1) is 5.82 Å². The summed E-state index contributed by atoms with van der Waals surface area (Å²) in [7, 11) is 0. The van der Waals surface area contributed by atoms with E-state index in [1.807, 2.05) is 0 Å². The number of ether oxygens (including phenoxy) is 1. The summed E-state index contributed by atoms with van der Waals surface area (Å²) in [4.78, 5) is 0. The lowest BCUT2D eigenvalue weighted by Crippen LogP contribution is -2.21. The van der Waals surface area contributed by atoms with Crippen molar-refractivity contribution in [2.24, 2.45) is 21.7 Å². The van der Waals surface area contributed by atoms with E-state index in [0.717, 1.165) is 5.56 Å². The molecule has 0 saturated heterocycles. The third-order valence-electron chi connectivity index (χ3n) is 2.70. The first-order chi connectivity index (χ1) is 10.6. The molecule has 2 aromatic carbocycles. The molecule has 0 aromatic heterocycles. The number of rotatable bonds is 5.